The van der Waals surface area contributed by atoms with Crippen molar-refractivity contribution in [1.82, 2.24) is 4.90 Å². The molecule has 0 saturated heterocycles. The standard InChI is InChI=1S/C18H22N2O2S/c1-13-8-5-6-10-15(13)19-18(23)20(2)12-14-9-7-11-16(21-3)17(14)22-4/h5-11H,12H2,1-4H3,(H,19,23). The van der Waals surface area contributed by atoms with Crippen molar-refractivity contribution in [3.8, 4) is 11.5 Å². The van der Waals surface area contributed by atoms with Crippen LogP contribution in [0, 0.1) is 6.92 Å². The summed E-state index contributed by atoms with van der Waals surface area (Å²) in [5.41, 5.74) is 3.19. The first-order valence-corrected chi connectivity index (χ1v) is 7.75. The van der Waals surface area contributed by atoms with Crippen LogP contribution in [0.25, 0.3) is 0 Å². The molecular weight excluding hydrogens is 308 g/mol. The van der Waals surface area contributed by atoms with Crippen LogP contribution in [0.3, 0.4) is 0 Å². The number of ether oxygens (including phenoxy) is 2. The number of benzene rings is 2. The molecule has 2 aromatic carbocycles. The Morgan fingerprint density at radius 2 is 1.83 bits per heavy atom. The summed E-state index contributed by atoms with van der Waals surface area (Å²) in [6, 6.07) is 13.9. The van der Waals surface area contributed by atoms with E-state index in [4.69, 9.17) is 21.7 Å². The van der Waals surface area contributed by atoms with Crippen LogP contribution >= 0.6 is 12.2 Å². The molecule has 0 aliphatic carbocycles. The Balaban J connectivity index is 2.11. The summed E-state index contributed by atoms with van der Waals surface area (Å²) >= 11 is 5.50. The Bertz CT molecular complexity index is 688. The van der Waals surface area contributed by atoms with Gasteiger partial charge in [0.2, 0.25) is 0 Å². The van der Waals surface area contributed by atoms with Gasteiger partial charge in [0.15, 0.2) is 16.6 Å². The Morgan fingerprint density at radius 3 is 2.48 bits per heavy atom. The molecule has 0 aromatic heterocycles. The van der Waals surface area contributed by atoms with Crippen LogP contribution in [0.5, 0.6) is 11.5 Å². The molecule has 0 radical (unpaired) electrons. The van der Waals surface area contributed by atoms with Crippen LogP contribution in [0.2, 0.25) is 0 Å². The Hall–Kier alpha value is -2.27. The van der Waals surface area contributed by atoms with Crippen molar-refractivity contribution in [2.24, 2.45) is 0 Å². The molecule has 0 aliphatic rings. The second-order valence-electron chi connectivity index (χ2n) is 5.25. The molecule has 0 fully saturated rings. The summed E-state index contributed by atoms with van der Waals surface area (Å²) in [5.74, 6) is 1.46. The van der Waals surface area contributed by atoms with E-state index >= 15 is 0 Å². The SMILES string of the molecule is COc1cccc(CN(C)C(=S)Nc2ccccc2C)c1OC. The molecule has 23 heavy (non-hydrogen) atoms. The smallest absolute Gasteiger partial charge is 0.173 e. The van der Waals surface area contributed by atoms with Gasteiger partial charge < -0.3 is 19.7 Å². The van der Waals surface area contributed by atoms with E-state index in [1.807, 2.05) is 48.3 Å². The first kappa shape index (κ1) is 17.1. The fourth-order valence-corrected chi connectivity index (χ4v) is 2.50. The van der Waals surface area contributed by atoms with E-state index in [0.717, 1.165) is 28.3 Å². The number of hydrogen-bond donors (Lipinski definition) is 1. The van der Waals surface area contributed by atoms with Gasteiger partial charge in [-0.15, -0.1) is 0 Å². The average molecular weight is 330 g/mol. The van der Waals surface area contributed by atoms with E-state index in [1.165, 1.54) is 0 Å². The quantitative estimate of drug-likeness (QED) is 0.843. The number of aryl methyl sites for hydroxylation is 1. The number of anilines is 1. The summed E-state index contributed by atoms with van der Waals surface area (Å²) in [6.45, 7) is 2.67. The maximum absolute atomic E-state index is 5.50. The third-order valence-corrected chi connectivity index (χ3v) is 4.04. The summed E-state index contributed by atoms with van der Waals surface area (Å²) in [6.07, 6.45) is 0. The molecule has 0 unspecified atom stereocenters. The number of nitrogens with zero attached hydrogens (tertiary/aromatic N) is 1. The van der Waals surface area contributed by atoms with Crippen molar-refractivity contribution in [1.29, 1.82) is 0 Å². The van der Waals surface area contributed by atoms with Crippen LogP contribution in [-0.2, 0) is 6.54 Å². The van der Waals surface area contributed by atoms with E-state index in [1.54, 1.807) is 14.2 Å². The number of para-hydroxylation sites is 2. The third-order valence-electron chi connectivity index (χ3n) is 3.63. The summed E-state index contributed by atoms with van der Waals surface area (Å²) < 4.78 is 10.8. The van der Waals surface area contributed by atoms with Crippen LogP contribution < -0.4 is 14.8 Å². The molecule has 4 nitrogen and oxygen atoms in total. The van der Waals surface area contributed by atoms with Gasteiger partial charge in [0.25, 0.3) is 0 Å². The Labute approximate surface area is 143 Å². The minimum Gasteiger partial charge on any atom is -0.493 e. The first-order valence-electron chi connectivity index (χ1n) is 7.34. The largest absolute Gasteiger partial charge is 0.493 e. The minimum absolute atomic E-state index is 0.623. The lowest BCUT2D eigenvalue weighted by Crippen LogP contribution is -2.31. The highest BCUT2D eigenvalue weighted by molar-refractivity contribution is 7.80. The summed E-state index contributed by atoms with van der Waals surface area (Å²) in [5, 5.41) is 3.94. The zero-order chi connectivity index (χ0) is 16.8. The van der Waals surface area contributed by atoms with Crippen LogP contribution in [0.4, 0.5) is 5.69 Å². The van der Waals surface area contributed by atoms with Gasteiger partial charge >= 0.3 is 0 Å². The molecule has 0 spiro atoms. The minimum atomic E-state index is 0.623. The van der Waals surface area contributed by atoms with Gasteiger partial charge in [-0.25, -0.2) is 0 Å². The summed E-state index contributed by atoms with van der Waals surface area (Å²) in [4.78, 5) is 1.97. The molecule has 1 N–H and O–H groups in total. The van der Waals surface area contributed by atoms with E-state index in [-0.39, 0.29) is 0 Å². The van der Waals surface area contributed by atoms with Crippen LogP contribution in [0.15, 0.2) is 42.5 Å². The maximum Gasteiger partial charge on any atom is 0.173 e. The van der Waals surface area contributed by atoms with Gasteiger partial charge in [-0.3, -0.25) is 0 Å². The van der Waals surface area contributed by atoms with Gasteiger partial charge in [-0.05, 0) is 36.8 Å². The first-order chi connectivity index (χ1) is 11.1. The molecule has 122 valence electrons. The fourth-order valence-electron chi connectivity index (χ4n) is 2.33. The van der Waals surface area contributed by atoms with Gasteiger partial charge in [-0.2, -0.15) is 0 Å². The molecule has 2 rings (SSSR count). The zero-order valence-electron chi connectivity index (χ0n) is 13.9. The number of hydrogen-bond acceptors (Lipinski definition) is 3. The zero-order valence-corrected chi connectivity index (χ0v) is 14.7. The van der Waals surface area contributed by atoms with Crippen LogP contribution in [-0.4, -0.2) is 31.3 Å². The molecule has 0 amide bonds. The molecule has 0 aliphatic heterocycles. The van der Waals surface area contributed by atoms with Crippen molar-refractivity contribution < 1.29 is 9.47 Å². The average Bonchev–Trinajstić information content (AvgIpc) is 2.56. The summed E-state index contributed by atoms with van der Waals surface area (Å²) in [7, 11) is 5.23. The third kappa shape index (κ3) is 4.13. The lowest BCUT2D eigenvalue weighted by Gasteiger charge is -2.23. The lowest BCUT2D eigenvalue weighted by molar-refractivity contribution is 0.347. The molecule has 0 atom stereocenters. The van der Waals surface area contributed by atoms with Gasteiger partial charge in [-0.1, -0.05) is 30.3 Å². The molecule has 2 aromatic rings. The van der Waals surface area contributed by atoms with E-state index in [9.17, 15) is 0 Å². The number of rotatable bonds is 5. The van der Waals surface area contributed by atoms with Crippen molar-refractivity contribution in [3.05, 3.63) is 53.6 Å². The number of methoxy groups -OCH3 is 2. The maximum atomic E-state index is 5.50. The lowest BCUT2D eigenvalue weighted by atomic mass is 10.1. The fraction of sp³-hybridized carbons (Fsp3) is 0.278. The highest BCUT2D eigenvalue weighted by Gasteiger charge is 2.13. The second-order valence-corrected chi connectivity index (χ2v) is 5.64. The van der Waals surface area contributed by atoms with Crippen LogP contribution in [0.1, 0.15) is 11.1 Å². The monoisotopic (exact) mass is 330 g/mol. The predicted molar refractivity (Wildman–Crippen MR) is 98.4 cm³/mol. The van der Waals surface area contributed by atoms with Gasteiger partial charge in [0, 0.05) is 24.8 Å². The molecular formula is C18H22N2O2S. The molecule has 0 bridgehead atoms. The van der Waals surface area contributed by atoms with Gasteiger partial charge in [0.05, 0.1) is 14.2 Å². The topological polar surface area (TPSA) is 33.7 Å². The number of nitrogens with one attached hydrogen (secondary N) is 1. The Morgan fingerprint density at radius 1 is 1.09 bits per heavy atom. The number of thiocarbonyl (C=S) groups is 1. The highest BCUT2D eigenvalue weighted by atomic mass is 32.1. The Kier molecular flexibility index (Phi) is 5.82. The van der Waals surface area contributed by atoms with Gasteiger partial charge in [0.1, 0.15) is 0 Å². The second kappa shape index (κ2) is 7.83. The van der Waals surface area contributed by atoms with E-state index in [0.29, 0.717) is 11.7 Å². The van der Waals surface area contributed by atoms with Crippen molar-refractivity contribution in [2.45, 2.75) is 13.5 Å². The van der Waals surface area contributed by atoms with Crippen molar-refractivity contribution in [3.63, 3.8) is 0 Å². The van der Waals surface area contributed by atoms with Crippen molar-refractivity contribution in [2.75, 3.05) is 26.6 Å². The molecule has 5 heteroatoms. The molecule has 0 saturated carbocycles. The van der Waals surface area contributed by atoms with E-state index in [2.05, 4.69) is 18.3 Å². The van der Waals surface area contributed by atoms with E-state index < -0.39 is 0 Å². The molecule has 0 heterocycles. The predicted octanol–water partition coefficient (Wildman–Crippen LogP) is 3.84. The normalized spacial score (nSPS) is 10.1. The highest BCUT2D eigenvalue weighted by Crippen LogP contribution is 2.31. The van der Waals surface area contributed by atoms with Crippen molar-refractivity contribution >= 4 is 23.0 Å².